The van der Waals surface area contributed by atoms with E-state index in [1.54, 1.807) is 36.7 Å². The predicted octanol–water partition coefficient (Wildman–Crippen LogP) is 2.21. The molecule has 0 spiro atoms. The lowest BCUT2D eigenvalue weighted by Crippen LogP contribution is -2.02. The second kappa shape index (κ2) is 4.38. The average Bonchev–Trinajstić information content (AvgIpc) is 2.29. The van der Waals surface area contributed by atoms with Crippen molar-refractivity contribution in [2.75, 3.05) is 0 Å². The van der Waals surface area contributed by atoms with Gasteiger partial charge < -0.3 is 5.11 Å². The van der Waals surface area contributed by atoms with Gasteiger partial charge in [-0.25, -0.2) is 0 Å². The summed E-state index contributed by atoms with van der Waals surface area (Å²) < 4.78 is 0. The Bertz CT molecular complexity index is 447. The third kappa shape index (κ3) is 2.32. The Morgan fingerprint density at radius 2 is 2.13 bits per heavy atom. The van der Waals surface area contributed by atoms with Gasteiger partial charge in [0.05, 0.1) is 11.9 Å². The van der Waals surface area contributed by atoms with E-state index < -0.39 is 6.10 Å². The normalized spacial score (nSPS) is 12.4. The Balaban J connectivity index is 2.32. The summed E-state index contributed by atoms with van der Waals surface area (Å²) in [6, 6.07) is 7.05. The van der Waals surface area contributed by atoms with Crippen molar-refractivity contribution < 1.29 is 5.11 Å². The standard InChI is InChI=1S/C11H9ClN2O/c12-9-3-1-2-8(6-9)11(15)10-7-13-4-5-14-10/h1-7,11,15H. The lowest BCUT2D eigenvalue weighted by atomic mass is 10.1. The average molecular weight is 221 g/mol. The highest BCUT2D eigenvalue weighted by atomic mass is 35.5. The minimum Gasteiger partial charge on any atom is -0.382 e. The van der Waals surface area contributed by atoms with Crippen LogP contribution in [0.15, 0.2) is 42.9 Å². The van der Waals surface area contributed by atoms with Crippen LogP contribution in [0.1, 0.15) is 17.4 Å². The first kappa shape index (κ1) is 10.1. The maximum absolute atomic E-state index is 9.96. The minimum absolute atomic E-state index is 0.514. The van der Waals surface area contributed by atoms with Gasteiger partial charge in [-0.2, -0.15) is 0 Å². The molecule has 1 heterocycles. The van der Waals surface area contributed by atoms with Gasteiger partial charge in [-0.05, 0) is 17.7 Å². The summed E-state index contributed by atoms with van der Waals surface area (Å²) in [6.07, 6.45) is 3.86. The fourth-order valence-electron chi connectivity index (χ4n) is 1.30. The van der Waals surface area contributed by atoms with E-state index >= 15 is 0 Å². The molecular weight excluding hydrogens is 212 g/mol. The zero-order valence-electron chi connectivity index (χ0n) is 7.84. The highest BCUT2D eigenvalue weighted by molar-refractivity contribution is 6.30. The molecule has 0 aliphatic carbocycles. The van der Waals surface area contributed by atoms with Crippen molar-refractivity contribution in [3.63, 3.8) is 0 Å². The van der Waals surface area contributed by atoms with Crippen LogP contribution < -0.4 is 0 Å². The first-order valence-electron chi connectivity index (χ1n) is 4.47. The van der Waals surface area contributed by atoms with E-state index in [0.717, 1.165) is 0 Å². The van der Waals surface area contributed by atoms with E-state index in [4.69, 9.17) is 11.6 Å². The number of benzene rings is 1. The van der Waals surface area contributed by atoms with Crippen molar-refractivity contribution in [1.29, 1.82) is 0 Å². The van der Waals surface area contributed by atoms with Gasteiger partial charge in [0, 0.05) is 17.4 Å². The molecule has 1 unspecified atom stereocenters. The Morgan fingerprint density at radius 1 is 1.27 bits per heavy atom. The predicted molar refractivity (Wildman–Crippen MR) is 57.5 cm³/mol. The second-order valence-corrected chi connectivity index (χ2v) is 3.52. The summed E-state index contributed by atoms with van der Waals surface area (Å²) in [5.41, 5.74) is 1.22. The van der Waals surface area contributed by atoms with Crippen molar-refractivity contribution in [3.8, 4) is 0 Å². The van der Waals surface area contributed by atoms with E-state index in [-0.39, 0.29) is 0 Å². The van der Waals surface area contributed by atoms with Crippen LogP contribution in [0.4, 0.5) is 0 Å². The number of aliphatic hydroxyl groups excluding tert-OH is 1. The number of hydrogen-bond acceptors (Lipinski definition) is 3. The van der Waals surface area contributed by atoms with Gasteiger partial charge in [0.2, 0.25) is 0 Å². The fourth-order valence-corrected chi connectivity index (χ4v) is 1.50. The van der Waals surface area contributed by atoms with Crippen LogP contribution in [0.25, 0.3) is 0 Å². The van der Waals surface area contributed by atoms with E-state index in [2.05, 4.69) is 9.97 Å². The summed E-state index contributed by atoms with van der Waals surface area (Å²) in [4.78, 5) is 7.93. The Morgan fingerprint density at radius 3 is 2.80 bits per heavy atom. The van der Waals surface area contributed by atoms with Crippen LogP contribution in [-0.2, 0) is 0 Å². The molecule has 0 aliphatic heterocycles. The number of aliphatic hydroxyl groups is 1. The van der Waals surface area contributed by atoms with Gasteiger partial charge in [-0.3, -0.25) is 9.97 Å². The lowest BCUT2D eigenvalue weighted by Gasteiger charge is -2.09. The summed E-state index contributed by atoms with van der Waals surface area (Å²) in [5, 5.41) is 10.5. The molecule has 0 amide bonds. The van der Waals surface area contributed by atoms with Gasteiger partial charge in [-0.1, -0.05) is 23.7 Å². The second-order valence-electron chi connectivity index (χ2n) is 3.09. The van der Waals surface area contributed by atoms with Crippen molar-refractivity contribution >= 4 is 11.6 Å². The van der Waals surface area contributed by atoms with E-state index in [0.29, 0.717) is 16.3 Å². The fraction of sp³-hybridized carbons (Fsp3) is 0.0909. The van der Waals surface area contributed by atoms with Crippen LogP contribution in [0.3, 0.4) is 0 Å². The zero-order chi connectivity index (χ0) is 10.7. The first-order valence-corrected chi connectivity index (χ1v) is 4.84. The Kier molecular flexibility index (Phi) is 2.94. The molecule has 15 heavy (non-hydrogen) atoms. The molecule has 2 aromatic rings. The van der Waals surface area contributed by atoms with Crippen molar-refractivity contribution in [1.82, 2.24) is 9.97 Å². The molecule has 2 rings (SSSR count). The van der Waals surface area contributed by atoms with Gasteiger partial charge in [-0.15, -0.1) is 0 Å². The molecule has 0 aliphatic rings. The summed E-state index contributed by atoms with van der Waals surface area (Å²) in [5.74, 6) is 0. The molecule has 3 nitrogen and oxygen atoms in total. The highest BCUT2D eigenvalue weighted by Gasteiger charge is 2.11. The summed E-state index contributed by atoms with van der Waals surface area (Å²) in [6.45, 7) is 0. The van der Waals surface area contributed by atoms with Gasteiger partial charge in [0.1, 0.15) is 6.10 Å². The molecule has 1 N–H and O–H groups in total. The summed E-state index contributed by atoms with van der Waals surface area (Å²) >= 11 is 5.83. The lowest BCUT2D eigenvalue weighted by molar-refractivity contribution is 0.215. The molecule has 0 fully saturated rings. The number of halogens is 1. The molecule has 0 saturated carbocycles. The van der Waals surface area contributed by atoms with Crippen LogP contribution in [0, 0.1) is 0 Å². The molecule has 0 bridgehead atoms. The highest BCUT2D eigenvalue weighted by Crippen LogP contribution is 2.21. The molecule has 0 saturated heterocycles. The van der Waals surface area contributed by atoms with Gasteiger partial charge in [0.15, 0.2) is 0 Å². The van der Waals surface area contributed by atoms with Crippen molar-refractivity contribution in [3.05, 3.63) is 59.1 Å². The number of nitrogens with zero attached hydrogens (tertiary/aromatic N) is 2. The zero-order valence-corrected chi connectivity index (χ0v) is 8.59. The van der Waals surface area contributed by atoms with Gasteiger partial charge in [0.25, 0.3) is 0 Å². The van der Waals surface area contributed by atoms with Crippen LogP contribution in [-0.4, -0.2) is 15.1 Å². The number of aromatic nitrogens is 2. The largest absolute Gasteiger partial charge is 0.382 e. The Hall–Kier alpha value is -1.45. The Labute approximate surface area is 92.4 Å². The minimum atomic E-state index is -0.780. The van der Waals surface area contributed by atoms with E-state index in [1.165, 1.54) is 6.20 Å². The molecule has 1 aromatic carbocycles. The molecule has 76 valence electrons. The SMILES string of the molecule is OC(c1cccc(Cl)c1)c1cnccn1. The third-order valence-corrected chi connectivity index (χ3v) is 2.26. The third-order valence-electron chi connectivity index (χ3n) is 2.03. The van der Waals surface area contributed by atoms with Crippen LogP contribution in [0.2, 0.25) is 5.02 Å². The van der Waals surface area contributed by atoms with Crippen molar-refractivity contribution in [2.45, 2.75) is 6.10 Å². The van der Waals surface area contributed by atoms with E-state index in [1.807, 2.05) is 0 Å². The summed E-state index contributed by atoms with van der Waals surface area (Å²) in [7, 11) is 0. The molecule has 4 heteroatoms. The molecule has 1 aromatic heterocycles. The number of rotatable bonds is 2. The smallest absolute Gasteiger partial charge is 0.123 e. The molecular formula is C11H9ClN2O. The maximum Gasteiger partial charge on any atom is 0.123 e. The van der Waals surface area contributed by atoms with Crippen LogP contribution in [0.5, 0.6) is 0 Å². The first-order chi connectivity index (χ1) is 7.27. The molecule has 0 radical (unpaired) electrons. The van der Waals surface area contributed by atoms with Gasteiger partial charge >= 0.3 is 0 Å². The maximum atomic E-state index is 9.96. The molecule has 1 atom stereocenters. The quantitative estimate of drug-likeness (QED) is 0.844. The van der Waals surface area contributed by atoms with Crippen LogP contribution >= 0.6 is 11.6 Å². The number of hydrogen-bond donors (Lipinski definition) is 1. The van der Waals surface area contributed by atoms with Crippen molar-refractivity contribution in [2.24, 2.45) is 0 Å². The van der Waals surface area contributed by atoms with E-state index in [9.17, 15) is 5.11 Å². The topological polar surface area (TPSA) is 46.0 Å². The monoisotopic (exact) mass is 220 g/mol.